The van der Waals surface area contributed by atoms with Gasteiger partial charge in [-0.2, -0.15) is 0 Å². The zero-order valence-electron chi connectivity index (χ0n) is 11.3. The first kappa shape index (κ1) is 14.2. The van der Waals surface area contributed by atoms with Gasteiger partial charge < -0.3 is 15.4 Å². The standard InChI is InChI=1S/C14H19ClN2O2/c1-14(5-7-16-8-6-14)13(18)17-12-9-10(19-2)3-4-11(12)15/h3-4,9,16H,5-8H2,1-2H3,(H,17,18). The number of rotatable bonds is 3. The largest absolute Gasteiger partial charge is 0.497 e. The molecule has 104 valence electrons. The summed E-state index contributed by atoms with van der Waals surface area (Å²) < 4.78 is 5.14. The maximum Gasteiger partial charge on any atom is 0.230 e. The van der Waals surface area contributed by atoms with Crippen molar-refractivity contribution in [1.82, 2.24) is 5.32 Å². The molecule has 4 nitrogen and oxygen atoms in total. The molecule has 0 saturated carbocycles. The fraction of sp³-hybridized carbons (Fsp3) is 0.500. The van der Waals surface area contributed by atoms with Crippen molar-refractivity contribution in [2.75, 3.05) is 25.5 Å². The lowest BCUT2D eigenvalue weighted by molar-refractivity contribution is -0.126. The van der Waals surface area contributed by atoms with E-state index in [0.29, 0.717) is 16.5 Å². The lowest BCUT2D eigenvalue weighted by Crippen LogP contribution is -2.42. The number of hydrogen-bond donors (Lipinski definition) is 2. The summed E-state index contributed by atoms with van der Waals surface area (Å²) in [4.78, 5) is 12.4. The Morgan fingerprint density at radius 1 is 1.42 bits per heavy atom. The molecular formula is C14H19ClN2O2. The first-order valence-corrected chi connectivity index (χ1v) is 6.79. The molecule has 0 aliphatic carbocycles. The van der Waals surface area contributed by atoms with Crippen LogP contribution in [0.25, 0.3) is 0 Å². The fourth-order valence-corrected chi connectivity index (χ4v) is 2.37. The second kappa shape index (κ2) is 5.80. The highest BCUT2D eigenvalue weighted by molar-refractivity contribution is 6.33. The molecule has 2 N–H and O–H groups in total. The molecule has 1 aliphatic rings. The number of carbonyl (C=O) groups is 1. The van der Waals surface area contributed by atoms with Gasteiger partial charge in [0.05, 0.1) is 17.8 Å². The molecule has 1 heterocycles. The number of anilines is 1. The van der Waals surface area contributed by atoms with Crippen molar-refractivity contribution in [3.63, 3.8) is 0 Å². The van der Waals surface area contributed by atoms with Gasteiger partial charge >= 0.3 is 0 Å². The zero-order chi connectivity index (χ0) is 13.9. The molecule has 0 unspecified atom stereocenters. The van der Waals surface area contributed by atoms with Gasteiger partial charge in [0.1, 0.15) is 5.75 Å². The topological polar surface area (TPSA) is 50.4 Å². The Labute approximate surface area is 118 Å². The minimum Gasteiger partial charge on any atom is -0.497 e. The summed E-state index contributed by atoms with van der Waals surface area (Å²) in [6.45, 7) is 3.74. The van der Waals surface area contributed by atoms with Crippen LogP contribution in [-0.4, -0.2) is 26.1 Å². The van der Waals surface area contributed by atoms with Crippen LogP contribution >= 0.6 is 11.6 Å². The van der Waals surface area contributed by atoms with Crippen molar-refractivity contribution >= 4 is 23.2 Å². The van der Waals surface area contributed by atoms with E-state index in [4.69, 9.17) is 16.3 Å². The van der Waals surface area contributed by atoms with Crippen molar-refractivity contribution in [2.45, 2.75) is 19.8 Å². The molecule has 5 heteroatoms. The Morgan fingerprint density at radius 2 is 2.11 bits per heavy atom. The van der Waals surface area contributed by atoms with E-state index in [0.717, 1.165) is 25.9 Å². The van der Waals surface area contributed by atoms with E-state index >= 15 is 0 Å². The number of benzene rings is 1. The fourth-order valence-electron chi connectivity index (χ4n) is 2.21. The number of carbonyl (C=O) groups excluding carboxylic acids is 1. The number of methoxy groups -OCH3 is 1. The Kier molecular flexibility index (Phi) is 4.32. The summed E-state index contributed by atoms with van der Waals surface area (Å²) in [6, 6.07) is 5.23. The predicted molar refractivity (Wildman–Crippen MR) is 76.8 cm³/mol. The Bertz CT molecular complexity index is 471. The maximum absolute atomic E-state index is 12.4. The number of piperidine rings is 1. The summed E-state index contributed by atoms with van der Waals surface area (Å²) >= 11 is 6.10. The van der Waals surface area contributed by atoms with Crippen LogP contribution in [0.15, 0.2) is 18.2 Å². The number of amides is 1. The molecule has 19 heavy (non-hydrogen) atoms. The molecule has 2 rings (SSSR count). The molecule has 0 bridgehead atoms. The average Bonchev–Trinajstić information content (AvgIpc) is 2.42. The number of halogens is 1. The summed E-state index contributed by atoms with van der Waals surface area (Å²) in [6.07, 6.45) is 1.67. The number of nitrogens with one attached hydrogen (secondary N) is 2. The maximum atomic E-state index is 12.4. The summed E-state index contributed by atoms with van der Waals surface area (Å²) in [5.41, 5.74) is 0.267. The van der Waals surface area contributed by atoms with Gasteiger partial charge in [0.2, 0.25) is 5.91 Å². The van der Waals surface area contributed by atoms with Crippen LogP contribution < -0.4 is 15.4 Å². The highest BCUT2D eigenvalue weighted by Gasteiger charge is 2.34. The van der Waals surface area contributed by atoms with Crippen molar-refractivity contribution < 1.29 is 9.53 Å². The van der Waals surface area contributed by atoms with Crippen LogP contribution in [0, 0.1) is 5.41 Å². The van der Waals surface area contributed by atoms with Gasteiger partial charge in [-0.3, -0.25) is 4.79 Å². The molecule has 1 aromatic carbocycles. The SMILES string of the molecule is COc1ccc(Cl)c(NC(=O)C2(C)CCNCC2)c1. The van der Waals surface area contributed by atoms with Gasteiger partial charge in [0.25, 0.3) is 0 Å². The monoisotopic (exact) mass is 282 g/mol. The van der Waals surface area contributed by atoms with Crippen LogP contribution in [0.4, 0.5) is 5.69 Å². The van der Waals surface area contributed by atoms with Crippen LogP contribution in [0.2, 0.25) is 5.02 Å². The van der Waals surface area contributed by atoms with Gasteiger partial charge in [-0.05, 0) is 38.1 Å². The highest BCUT2D eigenvalue weighted by Crippen LogP contribution is 2.32. The quantitative estimate of drug-likeness (QED) is 0.896. The molecule has 0 atom stereocenters. The van der Waals surface area contributed by atoms with Crippen LogP contribution in [0.3, 0.4) is 0 Å². The molecular weight excluding hydrogens is 264 g/mol. The lowest BCUT2D eigenvalue weighted by atomic mass is 9.80. The second-order valence-electron chi connectivity index (χ2n) is 5.11. The van der Waals surface area contributed by atoms with Gasteiger partial charge in [-0.25, -0.2) is 0 Å². The third-order valence-corrected chi connectivity index (χ3v) is 4.01. The van der Waals surface area contributed by atoms with Crippen molar-refractivity contribution in [3.05, 3.63) is 23.2 Å². The minimum atomic E-state index is -0.336. The first-order valence-electron chi connectivity index (χ1n) is 6.41. The Morgan fingerprint density at radius 3 is 2.74 bits per heavy atom. The highest BCUT2D eigenvalue weighted by atomic mass is 35.5. The van der Waals surface area contributed by atoms with Crippen molar-refractivity contribution in [3.8, 4) is 5.75 Å². The molecule has 0 radical (unpaired) electrons. The lowest BCUT2D eigenvalue weighted by Gasteiger charge is -2.32. The molecule has 1 aromatic rings. The van der Waals surface area contributed by atoms with Gasteiger partial charge in [0, 0.05) is 11.5 Å². The van der Waals surface area contributed by atoms with Gasteiger partial charge in [-0.15, -0.1) is 0 Å². The predicted octanol–water partition coefficient (Wildman–Crippen LogP) is 2.68. The molecule has 1 fully saturated rings. The van der Waals surface area contributed by atoms with Gasteiger partial charge in [-0.1, -0.05) is 18.5 Å². The van der Waals surface area contributed by atoms with E-state index < -0.39 is 0 Å². The van der Waals surface area contributed by atoms with E-state index in [9.17, 15) is 4.79 Å². The van der Waals surface area contributed by atoms with E-state index in [1.165, 1.54) is 0 Å². The van der Waals surface area contributed by atoms with Crippen molar-refractivity contribution in [1.29, 1.82) is 0 Å². The summed E-state index contributed by atoms with van der Waals surface area (Å²) in [5.74, 6) is 0.694. The third-order valence-electron chi connectivity index (χ3n) is 3.68. The van der Waals surface area contributed by atoms with Gasteiger partial charge in [0.15, 0.2) is 0 Å². The number of ether oxygens (including phenoxy) is 1. The molecule has 0 aromatic heterocycles. The van der Waals surface area contributed by atoms with Crippen LogP contribution in [0.5, 0.6) is 5.75 Å². The third kappa shape index (κ3) is 3.19. The van der Waals surface area contributed by atoms with Crippen LogP contribution in [0.1, 0.15) is 19.8 Å². The zero-order valence-corrected chi connectivity index (χ0v) is 12.0. The molecule has 1 aliphatic heterocycles. The van der Waals surface area contributed by atoms with E-state index in [2.05, 4.69) is 10.6 Å². The normalized spacial score (nSPS) is 17.8. The molecule has 1 saturated heterocycles. The average molecular weight is 283 g/mol. The first-order chi connectivity index (χ1) is 9.05. The minimum absolute atomic E-state index is 0.0177. The van der Waals surface area contributed by atoms with E-state index in [1.54, 1.807) is 25.3 Å². The van der Waals surface area contributed by atoms with Crippen molar-refractivity contribution in [2.24, 2.45) is 5.41 Å². The molecule has 1 amide bonds. The number of hydrogen-bond acceptors (Lipinski definition) is 3. The summed E-state index contributed by atoms with van der Waals surface area (Å²) in [7, 11) is 1.59. The molecule has 0 spiro atoms. The van der Waals surface area contributed by atoms with E-state index in [1.807, 2.05) is 6.92 Å². The Hall–Kier alpha value is -1.26. The van der Waals surface area contributed by atoms with Crippen LogP contribution in [-0.2, 0) is 4.79 Å². The second-order valence-corrected chi connectivity index (χ2v) is 5.52. The van der Waals surface area contributed by atoms with E-state index in [-0.39, 0.29) is 11.3 Å². The Balaban J connectivity index is 2.14. The summed E-state index contributed by atoms with van der Waals surface area (Å²) in [5, 5.41) is 6.70. The smallest absolute Gasteiger partial charge is 0.230 e.